The molecule has 0 N–H and O–H groups in total. The van der Waals surface area contributed by atoms with Gasteiger partial charge in [-0.05, 0) is 26.0 Å². The predicted octanol–water partition coefficient (Wildman–Crippen LogP) is 2.42. The Hall–Kier alpha value is -1.89. The summed E-state index contributed by atoms with van der Waals surface area (Å²) in [6, 6.07) is 3.44. The van der Waals surface area contributed by atoms with Gasteiger partial charge in [0.25, 0.3) is 0 Å². The number of nitrogens with zero attached hydrogens (tertiary/aromatic N) is 2. The van der Waals surface area contributed by atoms with Gasteiger partial charge in [0.2, 0.25) is 0 Å². The van der Waals surface area contributed by atoms with Crippen LogP contribution in [0.15, 0.2) is 17.0 Å². The first-order chi connectivity index (χ1) is 9.49. The Morgan fingerprint density at radius 1 is 1.60 bits per heavy atom. The van der Waals surface area contributed by atoms with Gasteiger partial charge in [-0.2, -0.15) is 0 Å². The molecule has 7 heteroatoms. The molecule has 1 aromatic rings. The van der Waals surface area contributed by atoms with Gasteiger partial charge in [0.05, 0.1) is 23.6 Å². The van der Waals surface area contributed by atoms with Crippen molar-refractivity contribution < 1.29 is 14.5 Å². The molecule has 0 bridgehead atoms. The largest absolute Gasteiger partial charge is 0.490 e. The number of hydrogen-bond acceptors (Lipinski definition) is 5. The van der Waals surface area contributed by atoms with E-state index in [4.69, 9.17) is 4.74 Å². The molecule has 1 aliphatic heterocycles. The van der Waals surface area contributed by atoms with Crippen molar-refractivity contribution >= 4 is 33.0 Å². The lowest BCUT2D eigenvalue weighted by atomic mass is 10.2. The van der Waals surface area contributed by atoms with Gasteiger partial charge < -0.3 is 9.64 Å². The Bertz CT molecular complexity index is 613. The van der Waals surface area contributed by atoms with E-state index >= 15 is 0 Å². The van der Waals surface area contributed by atoms with E-state index in [1.807, 2.05) is 17.9 Å². The number of carbonyl (C=O) groups excluding carboxylic acids is 1. The highest BCUT2D eigenvalue weighted by Gasteiger charge is 2.33. The molecule has 0 aromatic heterocycles. The molecule has 1 heterocycles. The number of Topliss-reactive ketones (excluding diaryl/α,β-unsaturated/α-hetero) is 1. The Morgan fingerprint density at radius 2 is 2.30 bits per heavy atom. The molecule has 0 fully saturated rings. The Kier molecular flexibility index (Phi) is 4.08. The standard InChI is InChI=1S/C13H16N2O4S/c1-4-14-8-20(7-9(2)16)13-10(14)5-6-11(19-3)12(13)15(17)18/h5-7H,4,8H2,1-3H3. The fourth-order valence-electron chi connectivity index (χ4n) is 2.25. The SMILES string of the molecule is CCN1CS(=CC(C)=O)c2c1ccc(OC)c2[N+](=O)[O-]. The van der Waals surface area contributed by atoms with Gasteiger partial charge in [-0.1, -0.05) is 0 Å². The summed E-state index contributed by atoms with van der Waals surface area (Å²) in [7, 11) is 0.834. The molecule has 1 atom stereocenters. The maximum absolute atomic E-state index is 11.4. The molecule has 0 saturated heterocycles. The molecule has 20 heavy (non-hydrogen) atoms. The zero-order chi connectivity index (χ0) is 14.9. The number of anilines is 1. The molecular formula is C13H16N2O4S. The average Bonchev–Trinajstić information content (AvgIpc) is 2.74. The lowest BCUT2D eigenvalue weighted by molar-refractivity contribution is -0.388. The number of ketones is 1. The maximum Gasteiger partial charge on any atom is 0.326 e. The minimum Gasteiger partial charge on any atom is -0.490 e. The molecule has 0 saturated carbocycles. The Labute approximate surface area is 119 Å². The summed E-state index contributed by atoms with van der Waals surface area (Å²) in [6.45, 7) is 4.19. The van der Waals surface area contributed by atoms with E-state index in [2.05, 4.69) is 0 Å². The van der Waals surface area contributed by atoms with Crippen molar-refractivity contribution in [3.8, 4) is 5.75 Å². The van der Waals surface area contributed by atoms with E-state index in [0.29, 0.717) is 10.8 Å². The summed E-state index contributed by atoms with van der Waals surface area (Å²) in [5.74, 6) is 0.773. The molecule has 1 aromatic carbocycles. The van der Waals surface area contributed by atoms with Crippen molar-refractivity contribution in [2.75, 3.05) is 24.4 Å². The van der Waals surface area contributed by atoms with Crippen LogP contribution >= 0.6 is 10.5 Å². The second kappa shape index (κ2) is 5.62. The van der Waals surface area contributed by atoms with E-state index < -0.39 is 15.4 Å². The quantitative estimate of drug-likeness (QED) is 0.484. The van der Waals surface area contributed by atoms with Gasteiger partial charge in [0, 0.05) is 11.9 Å². The first-order valence-electron chi connectivity index (χ1n) is 6.15. The molecule has 0 radical (unpaired) electrons. The highest BCUT2D eigenvalue weighted by molar-refractivity contribution is 8.16. The third kappa shape index (κ3) is 2.40. The number of hydrogen-bond donors (Lipinski definition) is 0. The fourth-order valence-corrected chi connectivity index (χ4v) is 4.52. The maximum atomic E-state index is 11.4. The van der Waals surface area contributed by atoms with Gasteiger partial charge in [0.15, 0.2) is 11.5 Å². The third-order valence-electron chi connectivity index (χ3n) is 3.06. The third-order valence-corrected chi connectivity index (χ3v) is 5.20. The van der Waals surface area contributed by atoms with Crippen molar-refractivity contribution in [3.05, 3.63) is 22.2 Å². The van der Waals surface area contributed by atoms with Crippen LogP contribution in [0, 0.1) is 10.1 Å². The Morgan fingerprint density at radius 3 is 2.80 bits per heavy atom. The summed E-state index contributed by atoms with van der Waals surface area (Å²) in [4.78, 5) is 25.0. The molecular weight excluding hydrogens is 280 g/mol. The van der Waals surface area contributed by atoms with Crippen LogP contribution in [0.25, 0.3) is 0 Å². The monoisotopic (exact) mass is 296 g/mol. The van der Waals surface area contributed by atoms with Crippen LogP contribution in [-0.4, -0.2) is 35.6 Å². The Balaban J connectivity index is 2.74. The highest BCUT2D eigenvalue weighted by Crippen LogP contribution is 2.51. The molecule has 0 aliphatic carbocycles. The summed E-state index contributed by atoms with van der Waals surface area (Å²) in [5, 5.41) is 12.9. The lowest BCUT2D eigenvalue weighted by Crippen LogP contribution is -2.18. The minimum atomic E-state index is -0.577. The number of fused-ring (bicyclic) bond motifs is 1. The number of carbonyl (C=O) groups is 1. The van der Waals surface area contributed by atoms with Crippen LogP contribution in [0.5, 0.6) is 5.75 Å². The van der Waals surface area contributed by atoms with Crippen molar-refractivity contribution in [2.45, 2.75) is 18.7 Å². The van der Waals surface area contributed by atoms with Gasteiger partial charge in [-0.25, -0.2) is 0 Å². The normalized spacial score (nSPS) is 17.1. The lowest BCUT2D eigenvalue weighted by Gasteiger charge is -2.15. The zero-order valence-corrected chi connectivity index (χ0v) is 12.4. The predicted molar refractivity (Wildman–Crippen MR) is 80.1 cm³/mol. The molecule has 1 aliphatic rings. The van der Waals surface area contributed by atoms with Crippen LogP contribution in [-0.2, 0) is 4.79 Å². The zero-order valence-electron chi connectivity index (χ0n) is 11.6. The average molecular weight is 296 g/mol. The van der Waals surface area contributed by atoms with E-state index in [9.17, 15) is 14.9 Å². The molecule has 108 valence electrons. The van der Waals surface area contributed by atoms with Crippen LogP contribution in [0.2, 0.25) is 0 Å². The van der Waals surface area contributed by atoms with Gasteiger partial charge in [0.1, 0.15) is 4.90 Å². The minimum absolute atomic E-state index is 0.0261. The second-order valence-corrected chi connectivity index (χ2v) is 6.12. The molecule has 0 amide bonds. The van der Waals surface area contributed by atoms with Crippen molar-refractivity contribution in [1.29, 1.82) is 0 Å². The summed E-state index contributed by atoms with van der Waals surface area (Å²) in [5.41, 5.74) is 0.794. The molecule has 2 rings (SSSR count). The number of nitro groups is 1. The first kappa shape index (κ1) is 14.5. The summed E-state index contributed by atoms with van der Waals surface area (Å²) >= 11 is 0. The number of methoxy groups -OCH3 is 1. The topological polar surface area (TPSA) is 72.7 Å². The van der Waals surface area contributed by atoms with Crippen molar-refractivity contribution in [1.82, 2.24) is 0 Å². The first-order valence-corrected chi connectivity index (χ1v) is 7.60. The van der Waals surface area contributed by atoms with Crippen molar-refractivity contribution in [2.24, 2.45) is 0 Å². The van der Waals surface area contributed by atoms with E-state index in [0.717, 1.165) is 12.2 Å². The van der Waals surface area contributed by atoms with Crippen LogP contribution in [0.4, 0.5) is 11.4 Å². The molecule has 0 spiro atoms. The fraction of sp³-hybridized carbons (Fsp3) is 0.385. The van der Waals surface area contributed by atoms with E-state index in [1.54, 1.807) is 11.4 Å². The van der Waals surface area contributed by atoms with Crippen LogP contribution < -0.4 is 9.64 Å². The van der Waals surface area contributed by atoms with E-state index in [-0.39, 0.29) is 17.2 Å². The van der Waals surface area contributed by atoms with Gasteiger partial charge in [-0.3, -0.25) is 14.9 Å². The number of benzene rings is 1. The van der Waals surface area contributed by atoms with Crippen LogP contribution in [0.3, 0.4) is 0 Å². The number of nitro benzene ring substituents is 1. The van der Waals surface area contributed by atoms with Gasteiger partial charge in [-0.15, -0.1) is 10.5 Å². The van der Waals surface area contributed by atoms with Crippen molar-refractivity contribution in [3.63, 3.8) is 0 Å². The second-order valence-electron chi connectivity index (χ2n) is 4.36. The smallest absolute Gasteiger partial charge is 0.326 e. The van der Waals surface area contributed by atoms with E-state index in [1.165, 1.54) is 14.0 Å². The molecule has 1 unspecified atom stereocenters. The van der Waals surface area contributed by atoms with Gasteiger partial charge >= 0.3 is 5.69 Å². The summed E-state index contributed by atoms with van der Waals surface area (Å²) < 4.78 is 5.10. The number of ether oxygens (including phenoxy) is 1. The van der Waals surface area contributed by atoms with Crippen LogP contribution in [0.1, 0.15) is 13.8 Å². The highest BCUT2D eigenvalue weighted by atomic mass is 32.2. The number of rotatable bonds is 4. The summed E-state index contributed by atoms with van der Waals surface area (Å²) in [6.07, 6.45) is 0. The molecule has 6 nitrogen and oxygen atoms in total.